The first-order valence-corrected chi connectivity index (χ1v) is 15.8. The SMILES string of the molecule is C#CCCC(=O)NC(CC1(C)N=N1)C(=O)NCCCCCC(=O)NCCc1ccc(NC(=O)CCCCCCC(=O)OC)cc1. The summed E-state index contributed by atoms with van der Waals surface area (Å²) in [5.74, 6) is 1.59. The van der Waals surface area contributed by atoms with E-state index in [9.17, 15) is 24.0 Å². The third-order valence-corrected chi connectivity index (χ3v) is 7.30. The Bertz CT molecular complexity index is 1190. The number of benzene rings is 1. The Morgan fingerprint density at radius 3 is 2.11 bits per heavy atom. The molecule has 12 heteroatoms. The van der Waals surface area contributed by atoms with Crippen LogP contribution in [0.25, 0.3) is 0 Å². The topological polar surface area (TPSA) is 167 Å². The van der Waals surface area contributed by atoms with Crippen molar-refractivity contribution in [3.8, 4) is 12.3 Å². The summed E-state index contributed by atoms with van der Waals surface area (Å²) in [6.45, 7) is 2.76. The highest BCUT2D eigenvalue weighted by Gasteiger charge is 2.39. The van der Waals surface area contributed by atoms with Crippen LogP contribution >= 0.6 is 0 Å². The van der Waals surface area contributed by atoms with Crippen LogP contribution in [0.3, 0.4) is 0 Å². The zero-order valence-corrected chi connectivity index (χ0v) is 26.6. The fourth-order valence-electron chi connectivity index (χ4n) is 4.56. The number of carbonyl (C=O) groups excluding carboxylic acids is 5. The minimum atomic E-state index is -0.733. The molecule has 0 spiro atoms. The quantitative estimate of drug-likeness (QED) is 0.0817. The average Bonchev–Trinajstić information content (AvgIpc) is 3.75. The van der Waals surface area contributed by atoms with Crippen LogP contribution in [0.5, 0.6) is 0 Å². The number of terminal acetylenes is 1. The third-order valence-electron chi connectivity index (χ3n) is 7.30. The molecule has 1 aromatic carbocycles. The summed E-state index contributed by atoms with van der Waals surface area (Å²) in [5.41, 5.74) is 1.16. The maximum atomic E-state index is 12.6. The molecule has 12 nitrogen and oxygen atoms in total. The third kappa shape index (κ3) is 17.0. The molecule has 4 N–H and O–H groups in total. The fourth-order valence-corrected chi connectivity index (χ4v) is 4.56. The van der Waals surface area contributed by atoms with Crippen LogP contribution in [-0.4, -0.2) is 61.5 Å². The lowest BCUT2D eigenvalue weighted by atomic mass is 10.0. The first-order chi connectivity index (χ1) is 21.6. The van der Waals surface area contributed by atoms with Crippen LogP contribution in [-0.2, 0) is 35.1 Å². The predicted octanol–water partition coefficient (Wildman–Crippen LogP) is 3.94. The van der Waals surface area contributed by atoms with Crippen LogP contribution in [0.4, 0.5) is 5.69 Å². The average molecular weight is 625 g/mol. The zero-order chi connectivity index (χ0) is 32.9. The normalized spacial score (nSPS) is 13.2. The lowest BCUT2D eigenvalue weighted by molar-refractivity contribution is -0.140. The Kier molecular flexibility index (Phi) is 16.9. The number of methoxy groups -OCH3 is 1. The molecule has 4 amide bonds. The summed E-state index contributed by atoms with van der Waals surface area (Å²) < 4.78 is 4.62. The van der Waals surface area contributed by atoms with Crippen molar-refractivity contribution in [1.82, 2.24) is 16.0 Å². The Morgan fingerprint density at radius 2 is 1.47 bits per heavy atom. The highest BCUT2D eigenvalue weighted by Crippen LogP contribution is 2.32. The molecular formula is C33H48N6O6. The van der Waals surface area contributed by atoms with E-state index < -0.39 is 11.7 Å². The molecule has 0 saturated carbocycles. The van der Waals surface area contributed by atoms with Crippen LogP contribution in [0.1, 0.15) is 96.0 Å². The summed E-state index contributed by atoms with van der Waals surface area (Å²) in [5, 5.41) is 19.3. The molecule has 1 aliphatic heterocycles. The van der Waals surface area contributed by atoms with Crippen LogP contribution in [0, 0.1) is 12.3 Å². The number of nitrogens with zero attached hydrogens (tertiary/aromatic N) is 2. The van der Waals surface area contributed by atoms with Gasteiger partial charge in [-0.3, -0.25) is 24.0 Å². The van der Waals surface area contributed by atoms with Gasteiger partial charge in [-0.05, 0) is 56.7 Å². The van der Waals surface area contributed by atoms with Gasteiger partial charge < -0.3 is 26.0 Å². The molecule has 0 saturated heterocycles. The number of unbranched alkanes of at least 4 members (excludes halogenated alkanes) is 5. The molecule has 0 radical (unpaired) electrons. The van der Waals surface area contributed by atoms with Gasteiger partial charge in [-0.2, -0.15) is 10.2 Å². The Morgan fingerprint density at radius 1 is 0.822 bits per heavy atom. The van der Waals surface area contributed by atoms with E-state index in [1.165, 1.54) is 7.11 Å². The number of nitrogens with one attached hydrogen (secondary N) is 4. The molecule has 0 fully saturated rings. The molecule has 1 heterocycles. The molecule has 246 valence electrons. The van der Waals surface area contributed by atoms with E-state index in [-0.39, 0.29) is 36.0 Å². The molecule has 1 aliphatic rings. The maximum Gasteiger partial charge on any atom is 0.305 e. The van der Waals surface area contributed by atoms with E-state index in [0.717, 1.165) is 43.4 Å². The first kappa shape index (κ1) is 36.9. The summed E-state index contributed by atoms with van der Waals surface area (Å²) in [7, 11) is 1.38. The van der Waals surface area contributed by atoms with E-state index in [4.69, 9.17) is 6.42 Å². The van der Waals surface area contributed by atoms with Gasteiger partial charge in [0, 0.05) is 57.3 Å². The number of amides is 4. The first-order valence-electron chi connectivity index (χ1n) is 15.8. The van der Waals surface area contributed by atoms with Crippen molar-refractivity contribution in [2.24, 2.45) is 10.2 Å². The number of carbonyl (C=O) groups is 5. The van der Waals surface area contributed by atoms with Crippen LogP contribution in [0.2, 0.25) is 0 Å². The minimum Gasteiger partial charge on any atom is -0.469 e. The lowest BCUT2D eigenvalue weighted by Gasteiger charge is -2.19. The van der Waals surface area contributed by atoms with E-state index in [2.05, 4.69) is 42.2 Å². The van der Waals surface area contributed by atoms with E-state index in [1.54, 1.807) is 6.92 Å². The number of ether oxygens (including phenoxy) is 1. The van der Waals surface area contributed by atoms with Gasteiger partial charge in [0.1, 0.15) is 6.04 Å². The molecule has 1 atom stereocenters. The number of anilines is 1. The van der Waals surface area contributed by atoms with Crippen molar-refractivity contribution in [2.45, 2.75) is 109 Å². The molecular weight excluding hydrogens is 576 g/mol. The molecule has 0 aliphatic carbocycles. The summed E-state index contributed by atoms with van der Waals surface area (Å²) in [4.78, 5) is 60.2. The van der Waals surface area contributed by atoms with Gasteiger partial charge in [-0.1, -0.05) is 31.4 Å². The van der Waals surface area contributed by atoms with Crippen LogP contribution in [0.15, 0.2) is 34.5 Å². The molecule has 45 heavy (non-hydrogen) atoms. The van der Waals surface area contributed by atoms with Gasteiger partial charge in [0.2, 0.25) is 23.6 Å². The number of rotatable bonds is 23. The summed E-state index contributed by atoms with van der Waals surface area (Å²) in [6.07, 6.45) is 13.4. The standard InChI is InChI=1S/C33H48N6O6/c1-4-5-13-30(42)37-27(24-33(2)38-39-33)32(44)35-22-12-8-10-14-28(40)34-23-21-25-17-19-26(20-18-25)36-29(41)15-9-6-7-11-16-31(43)45-3/h1,17-20,27H,5-16,21-24H2,2-3H3,(H,34,40)(H,35,44)(H,36,41)(H,37,42). The van der Waals surface area contributed by atoms with Crippen molar-refractivity contribution >= 4 is 35.3 Å². The van der Waals surface area contributed by atoms with Gasteiger partial charge >= 0.3 is 5.97 Å². The second kappa shape index (κ2) is 20.6. The zero-order valence-electron chi connectivity index (χ0n) is 26.6. The van der Waals surface area contributed by atoms with Gasteiger partial charge in [0.05, 0.1) is 7.11 Å². The maximum absolute atomic E-state index is 12.6. The van der Waals surface area contributed by atoms with Gasteiger partial charge in [0.25, 0.3) is 0 Å². The molecule has 0 aromatic heterocycles. The smallest absolute Gasteiger partial charge is 0.305 e. The van der Waals surface area contributed by atoms with Crippen molar-refractivity contribution < 1.29 is 28.7 Å². The van der Waals surface area contributed by atoms with Crippen molar-refractivity contribution in [2.75, 3.05) is 25.5 Å². The second-order valence-electron chi connectivity index (χ2n) is 11.4. The second-order valence-corrected chi connectivity index (χ2v) is 11.4. The lowest BCUT2D eigenvalue weighted by Crippen LogP contribution is -2.48. The highest BCUT2D eigenvalue weighted by molar-refractivity contribution is 5.90. The number of hydrogen-bond donors (Lipinski definition) is 4. The largest absolute Gasteiger partial charge is 0.469 e. The minimum absolute atomic E-state index is 0.0202. The van der Waals surface area contributed by atoms with E-state index in [0.29, 0.717) is 64.5 Å². The number of hydrogen-bond acceptors (Lipinski definition) is 8. The van der Waals surface area contributed by atoms with Gasteiger partial charge in [-0.15, -0.1) is 12.3 Å². The van der Waals surface area contributed by atoms with Crippen molar-refractivity contribution in [3.05, 3.63) is 29.8 Å². The fraction of sp³-hybridized carbons (Fsp3) is 0.606. The Balaban J connectivity index is 1.53. The Labute approximate surface area is 266 Å². The molecule has 1 unspecified atom stereocenters. The molecule has 0 bridgehead atoms. The summed E-state index contributed by atoms with van der Waals surface area (Å²) >= 11 is 0. The monoisotopic (exact) mass is 624 g/mol. The van der Waals surface area contributed by atoms with Crippen molar-refractivity contribution in [1.29, 1.82) is 0 Å². The highest BCUT2D eigenvalue weighted by atomic mass is 16.5. The summed E-state index contributed by atoms with van der Waals surface area (Å²) in [6, 6.07) is 6.85. The van der Waals surface area contributed by atoms with E-state index in [1.807, 2.05) is 24.3 Å². The predicted molar refractivity (Wildman–Crippen MR) is 171 cm³/mol. The number of esters is 1. The Hall–Kier alpha value is -4.27. The molecule has 2 rings (SSSR count). The van der Waals surface area contributed by atoms with Crippen LogP contribution < -0.4 is 21.3 Å². The van der Waals surface area contributed by atoms with E-state index >= 15 is 0 Å². The molecule has 1 aromatic rings. The van der Waals surface area contributed by atoms with Crippen molar-refractivity contribution in [3.63, 3.8) is 0 Å². The van der Waals surface area contributed by atoms with Gasteiger partial charge in [-0.25, -0.2) is 0 Å². The van der Waals surface area contributed by atoms with Gasteiger partial charge in [0.15, 0.2) is 5.66 Å².